The van der Waals surface area contributed by atoms with Gasteiger partial charge in [0.15, 0.2) is 5.78 Å². The first-order valence-electron chi connectivity index (χ1n) is 12.1. The van der Waals surface area contributed by atoms with Crippen LogP contribution in [0.3, 0.4) is 0 Å². The first-order chi connectivity index (χ1) is 17.0. The number of ether oxygens (including phenoxy) is 1. The molecule has 2 aliphatic heterocycles. The molecule has 6 rings (SSSR count). The van der Waals surface area contributed by atoms with Crippen molar-refractivity contribution in [2.45, 2.75) is 44.8 Å². The van der Waals surface area contributed by atoms with Crippen molar-refractivity contribution in [1.29, 1.82) is 0 Å². The van der Waals surface area contributed by atoms with Crippen LogP contribution in [0.15, 0.2) is 59.5 Å². The van der Waals surface area contributed by atoms with Gasteiger partial charge in [0, 0.05) is 25.7 Å². The molecule has 0 bridgehead atoms. The normalized spacial score (nSPS) is 19.5. The van der Waals surface area contributed by atoms with E-state index in [2.05, 4.69) is 6.92 Å². The summed E-state index contributed by atoms with van der Waals surface area (Å²) in [4.78, 5) is 46.3. The highest BCUT2D eigenvalue weighted by atomic mass is 16.5. The third-order valence-corrected chi connectivity index (χ3v) is 7.13. The van der Waals surface area contributed by atoms with E-state index in [-0.39, 0.29) is 23.7 Å². The summed E-state index contributed by atoms with van der Waals surface area (Å²) in [5.74, 6) is 0.459. The second kappa shape index (κ2) is 8.08. The van der Waals surface area contributed by atoms with Gasteiger partial charge in [0.05, 0.1) is 23.9 Å². The van der Waals surface area contributed by atoms with Crippen LogP contribution in [-0.4, -0.2) is 49.2 Å². The van der Waals surface area contributed by atoms with Crippen molar-refractivity contribution >= 4 is 28.4 Å². The molecule has 1 saturated heterocycles. The molecule has 8 nitrogen and oxygen atoms in total. The van der Waals surface area contributed by atoms with E-state index in [1.807, 2.05) is 28.8 Å². The van der Waals surface area contributed by atoms with E-state index in [1.54, 1.807) is 35.4 Å². The molecule has 4 aromatic rings. The number of fused-ring (bicyclic) bond motifs is 3. The smallest absolute Gasteiger partial charge is 0.270 e. The Hall–Kier alpha value is -3.94. The summed E-state index contributed by atoms with van der Waals surface area (Å²) in [5, 5.41) is 0.431. The van der Waals surface area contributed by atoms with Crippen LogP contribution in [-0.2, 0) is 6.54 Å². The minimum absolute atomic E-state index is 0.0436. The number of para-hydroxylation sites is 1. The lowest BCUT2D eigenvalue weighted by molar-refractivity contribution is 0.0426. The molecule has 0 radical (unpaired) electrons. The minimum Gasteiger partial charge on any atom is -0.484 e. The number of unbranched alkanes of at least 4 members (excludes halogenated alkanes) is 1. The number of hydrogen-bond donors (Lipinski definition) is 0. The summed E-state index contributed by atoms with van der Waals surface area (Å²) < 4.78 is 9.69. The van der Waals surface area contributed by atoms with E-state index in [1.165, 1.54) is 4.40 Å². The summed E-state index contributed by atoms with van der Waals surface area (Å²) in [6.45, 7) is 3.50. The Morgan fingerprint density at radius 3 is 2.83 bits per heavy atom. The van der Waals surface area contributed by atoms with E-state index in [9.17, 15) is 14.4 Å². The van der Waals surface area contributed by atoms with Crippen molar-refractivity contribution < 1.29 is 14.3 Å². The Morgan fingerprint density at radius 2 is 1.97 bits per heavy atom. The monoisotopic (exact) mass is 470 g/mol. The lowest BCUT2D eigenvalue weighted by Gasteiger charge is -2.34. The number of benzene rings is 1. The number of ketones is 1. The third kappa shape index (κ3) is 3.43. The number of nitrogens with zero attached hydrogens (tertiary/aromatic N) is 4. The average molecular weight is 471 g/mol. The topological polar surface area (TPSA) is 85.9 Å². The van der Waals surface area contributed by atoms with Crippen LogP contribution in [0.1, 0.15) is 53.5 Å². The number of rotatable bonds is 4. The number of aryl methyl sites for hydroxylation is 1. The second-order valence-electron chi connectivity index (χ2n) is 9.48. The van der Waals surface area contributed by atoms with Gasteiger partial charge in [-0.2, -0.15) is 0 Å². The molecule has 1 spiro atoms. The Labute approximate surface area is 201 Å². The highest BCUT2D eigenvalue weighted by Gasteiger charge is 2.47. The number of carbonyl (C=O) groups excluding carboxylic acids is 2. The second-order valence-corrected chi connectivity index (χ2v) is 9.48. The highest BCUT2D eigenvalue weighted by molar-refractivity contribution is 6.01. The van der Waals surface area contributed by atoms with E-state index in [4.69, 9.17) is 9.72 Å². The predicted molar refractivity (Wildman–Crippen MR) is 131 cm³/mol. The summed E-state index contributed by atoms with van der Waals surface area (Å²) in [6, 6.07) is 14.4. The van der Waals surface area contributed by atoms with Gasteiger partial charge < -0.3 is 14.2 Å². The number of carbonyl (C=O) groups is 2. The Morgan fingerprint density at radius 1 is 1.14 bits per heavy atom. The lowest BCUT2D eigenvalue weighted by atomic mass is 9.89. The third-order valence-electron chi connectivity index (χ3n) is 7.13. The largest absolute Gasteiger partial charge is 0.484 e. The maximum atomic E-state index is 13.8. The molecule has 3 aromatic heterocycles. The maximum Gasteiger partial charge on any atom is 0.270 e. The molecule has 0 aliphatic carbocycles. The zero-order valence-electron chi connectivity index (χ0n) is 19.6. The zero-order valence-corrected chi connectivity index (χ0v) is 19.6. The van der Waals surface area contributed by atoms with E-state index < -0.39 is 5.60 Å². The van der Waals surface area contributed by atoms with Gasteiger partial charge in [0.2, 0.25) is 0 Å². The molecule has 5 heterocycles. The molecule has 1 aromatic carbocycles. The molecule has 0 saturated carbocycles. The Balaban J connectivity index is 1.38. The van der Waals surface area contributed by atoms with Gasteiger partial charge in [-0.1, -0.05) is 31.5 Å². The molecular formula is C27H26N4O4. The van der Waals surface area contributed by atoms with Crippen molar-refractivity contribution in [1.82, 2.24) is 18.9 Å². The number of Topliss-reactive ketones (excluding diaryl/α,β-unsaturated/α-hetero) is 1. The lowest BCUT2D eigenvalue weighted by Crippen LogP contribution is -2.45. The Bertz CT molecular complexity index is 1550. The van der Waals surface area contributed by atoms with E-state index >= 15 is 0 Å². The SMILES string of the molecule is CCCCn1c(C(=O)N2CCC3(CC(=O)c4ccccc4O3)C2)cc2c(=O)n3ccccc3nc21. The molecule has 1 fully saturated rings. The van der Waals surface area contributed by atoms with Gasteiger partial charge in [-0.05, 0) is 36.8 Å². The van der Waals surface area contributed by atoms with Crippen LogP contribution in [0, 0.1) is 0 Å². The number of amides is 1. The fourth-order valence-electron chi connectivity index (χ4n) is 5.32. The standard InChI is InChI=1S/C27H26N4O4/c1-2-3-12-30-20(15-19-24(30)28-23-10-6-7-13-31(23)25(19)33)26(34)29-14-11-27(17-29)16-21(32)18-8-4-5-9-22(18)35-27/h4-10,13,15H,2-3,11-12,14,16-17H2,1H3. The zero-order chi connectivity index (χ0) is 24.2. The van der Waals surface area contributed by atoms with Crippen LogP contribution >= 0.6 is 0 Å². The summed E-state index contributed by atoms with van der Waals surface area (Å²) in [6.07, 6.45) is 4.33. The fourth-order valence-corrected chi connectivity index (χ4v) is 5.32. The van der Waals surface area contributed by atoms with Crippen molar-refractivity contribution in [3.8, 4) is 5.75 Å². The van der Waals surface area contributed by atoms with Crippen molar-refractivity contribution in [3.63, 3.8) is 0 Å². The predicted octanol–water partition coefficient (Wildman–Crippen LogP) is 3.70. The molecule has 35 heavy (non-hydrogen) atoms. The molecule has 8 heteroatoms. The summed E-state index contributed by atoms with van der Waals surface area (Å²) in [5.41, 5.74) is 1.23. The van der Waals surface area contributed by atoms with Crippen LogP contribution in [0.4, 0.5) is 0 Å². The summed E-state index contributed by atoms with van der Waals surface area (Å²) in [7, 11) is 0. The van der Waals surface area contributed by atoms with Crippen molar-refractivity contribution in [3.05, 3.63) is 76.3 Å². The van der Waals surface area contributed by atoms with Gasteiger partial charge in [-0.15, -0.1) is 0 Å². The van der Waals surface area contributed by atoms with Crippen LogP contribution in [0.5, 0.6) is 5.75 Å². The minimum atomic E-state index is -0.714. The van der Waals surface area contributed by atoms with Gasteiger partial charge in [0.1, 0.15) is 28.3 Å². The van der Waals surface area contributed by atoms with Gasteiger partial charge in [0.25, 0.3) is 11.5 Å². The van der Waals surface area contributed by atoms with Gasteiger partial charge >= 0.3 is 0 Å². The average Bonchev–Trinajstić information content (AvgIpc) is 3.44. The molecule has 1 amide bonds. The molecule has 1 unspecified atom stereocenters. The number of likely N-dealkylation sites (tertiary alicyclic amines) is 1. The van der Waals surface area contributed by atoms with Crippen molar-refractivity contribution in [2.75, 3.05) is 13.1 Å². The molecule has 0 N–H and O–H groups in total. The number of pyridine rings is 1. The van der Waals surface area contributed by atoms with Crippen LogP contribution < -0.4 is 10.3 Å². The fraction of sp³-hybridized carbons (Fsp3) is 0.333. The van der Waals surface area contributed by atoms with Gasteiger partial charge in [-0.25, -0.2) is 4.98 Å². The Kier molecular flexibility index (Phi) is 4.98. The number of aromatic nitrogens is 3. The summed E-state index contributed by atoms with van der Waals surface area (Å²) >= 11 is 0. The van der Waals surface area contributed by atoms with Gasteiger partial charge in [-0.3, -0.25) is 18.8 Å². The highest BCUT2D eigenvalue weighted by Crippen LogP contribution is 2.39. The van der Waals surface area contributed by atoms with E-state index in [0.717, 1.165) is 12.8 Å². The first-order valence-corrected chi connectivity index (χ1v) is 12.1. The van der Waals surface area contributed by atoms with Crippen LogP contribution in [0.2, 0.25) is 0 Å². The van der Waals surface area contributed by atoms with Crippen LogP contribution in [0.25, 0.3) is 16.7 Å². The molecule has 178 valence electrons. The molecule has 2 aliphatic rings. The first kappa shape index (κ1) is 21.6. The molecular weight excluding hydrogens is 444 g/mol. The molecule has 1 atom stereocenters. The maximum absolute atomic E-state index is 13.8. The van der Waals surface area contributed by atoms with Crippen molar-refractivity contribution in [2.24, 2.45) is 0 Å². The van der Waals surface area contributed by atoms with E-state index in [0.29, 0.717) is 59.7 Å². The number of hydrogen-bond acceptors (Lipinski definition) is 5. The quantitative estimate of drug-likeness (QED) is 0.454.